The zero-order chi connectivity index (χ0) is 18.1. The van der Waals surface area contributed by atoms with Crippen molar-refractivity contribution < 1.29 is 9.90 Å². The van der Waals surface area contributed by atoms with E-state index in [1.807, 2.05) is 71.4 Å². The maximum absolute atomic E-state index is 11.3. The monoisotopic (exact) mass is 360 g/mol. The Bertz CT molecular complexity index is 1070. The molecule has 26 heavy (non-hydrogen) atoms. The van der Waals surface area contributed by atoms with Gasteiger partial charge in [0.15, 0.2) is 0 Å². The summed E-state index contributed by atoms with van der Waals surface area (Å²) in [5, 5.41) is 14.9. The molecule has 0 radical (unpaired) electrons. The average Bonchev–Trinajstić information content (AvgIpc) is 3.28. The van der Waals surface area contributed by atoms with Crippen LogP contribution < -0.4 is 0 Å². The largest absolute Gasteiger partial charge is 0.477 e. The van der Waals surface area contributed by atoms with Crippen LogP contribution in [-0.4, -0.2) is 20.9 Å². The smallest absolute Gasteiger partial charge is 0.345 e. The summed E-state index contributed by atoms with van der Waals surface area (Å²) in [7, 11) is 0. The molecule has 0 aliphatic carbocycles. The highest BCUT2D eigenvalue weighted by molar-refractivity contribution is 7.16. The van der Waals surface area contributed by atoms with Crippen LogP contribution in [-0.2, 0) is 0 Å². The van der Waals surface area contributed by atoms with Gasteiger partial charge in [0.1, 0.15) is 9.88 Å². The highest BCUT2D eigenvalue weighted by Gasteiger charge is 2.20. The Hall–Kier alpha value is -3.18. The molecular weight excluding hydrogens is 344 g/mol. The van der Waals surface area contributed by atoms with E-state index in [1.54, 1.807) is 6.07 Å². The fourth-order valence-electron chi connectivity index (χ4n) is 3.02. The summed E-state index contributed by atoms with van der Waals surface area (Å²) in [6, 6.07) is 23.5. The van der Waals surface area contributed by atoms with E-state index in [1.165, 1.54) is 11.3 Å². The molecule has 128 valence electrons. The molecule has 2 aromatic heterocycles. The Morgan fingerprint density at radius 1 is 0.923 bits per heavy atom. The molecular formula is C21H16N2O2S. The van der Waals surface area contributed by atoms with Crippen LogP contribution in [0.2, 0.25) is 0 Å². The summed E-state index contributed by atoms with van der Waals surface area (Å²) in [6.07, 6.45) is 0. The predicted octanol–water partition coefficient (Wildman–Crippen LogP) is 5.27. The number of benzene rings is 2. The van der Waals surface area contributed by atoms with E-state index in [9.17, 15) is 9.90 Å². The topological polar surface area (TPSA) is 55.1 Å². The third-order valence-corrected chi connectivity index (χ3v) is 5.28. The van der Waals surface area contributed by atoms with E-state index in [0.717, 1.165) is 33.1 Å². The SMILES string of the molecule is Cc1c(-c2ccccc2)nn(-c2ccc(C(=O)O)s2)c1-c1ccccc1. The van der Waals surface area contributed by atoms with Gasteiger partial charge >= 0.3 is 5.97 Å². The molecule has 2 heterocycles. The molecule has 0 saturated carbocycles. The van der Waals surface area contributed by atoms with Crippen molar-refractivity contribution in [1.29, 1.82) is 0 Å². The van der Waals surface area contributed by atoms with Gasteiger partial charge in [-0.15, -0.1) is 11.3 Å². The lowest BCUT2D eigenvalue weighted by Gasteiger charge is -2.06. The maximum atomic E-state index is 11.3. The van der Waals surface area contributed by atoms with Gasteiger partial charge in [0.25, 0.3) is 0 Å². The molecule has 4 rings (SSSR count). The molecule has 2 aromatic carbocycles. The van der Waals surface area contributed by atoms with Crippen LogP contribution in [0.15, 0.2) is 72.8 Å². The second kappa shape index (κ2) is 6.61. The lowest BCUT2D eigenvalue weighted by molar-refractivity contribution is 0.0702. The lowest BCUT2D eigenvalue weighted by Crippen LogP contribution is -1.97. The molecule has 5 heteroatoms. The van der Waals surface area contributed by atoms with Crippen LogP contribution in [0.3, 0.4) is 0 Å². The summed E-state index contributed by atoms with van der Waals surface area (Å²) in [5.41, 5.74) is 5.02. The minimum Gasteiger partial charge on any atom is -0.477 e. The predicted molar refractivity (Wildman–Crippen MR) is 104 cm³/mol. The Balaban J connectivity index is 1.96. The molecule has 0 spiro atoms. The van der Waals surface area contributed by atoms with E-state index in [4.69, 9.17) is 5.10 Å². The molecule has 0 aliphatic rings. The fourth-order valence-corrected chi connectivity index (χ4v) is 3.82. The third kappa shape index (κ3) is 2.82. The van der Waals surface area contributed by atoms with Crippen LogP contribution in [0.4, 0.5) is 0 Å². The van der Waals surface area contributed by atoms with Crippen LogP contribution in [0, 0.1) is 6.92 Å². The number of aromatic carboxylic acids is 1. The summed E-state index contributed by atoms with van der Waals surface area (Å²) in [5.74, 6) is -0.922. The molecule has 0 saturated heterocycles. The Morgan fingerprint density at radius 2 is 1.54 bits per heavy atom. The van der Waals surface area contributed by atoms with Gasteiger partial charge in [-0.3, -0.25) is 0 Å². The number of thiophene rings is 1. The summed E-state index contributed by atoms with van der Waals surface area (Å²) in [4.78, 5) is 11.6. The molecule has 0 fully saturated rings. The van der Waals surface area contributed by atoms with Crippen LogP contribution in [0.5, 0.6) is 0 Å². The van der Waals surface area contributed by atoms with Gasteiger partial charge in [-0.25, -0.2) is 9.48 Å². The number of aromatic nitrogens is 2. The van der Waals surface area contributed by atoms with Crippen LogP contribution >= 0.6 is 11.3 Å². The first-order chi connectivity index (χ1) is 12.6. The standard InChI is InChI=1S/C21H16N2O2S/c1-14-19(15-8-4-2-5-9-15)22-23(18-13-12-17(26-18)21(24)25)20(14)16-10-6-3-7-11-16/h2-13H,1H3,(H,24,25). The van der Waals surface area contributed by atoms with Gasteiger partial charge in [0, 0.05) is 16.7 Å². The number of nitrogens with zero attached hydrogens (tertiary/aromatic N) is 2. The van der Waals surface area contributed by atoms with Crippen molar-refractivity contribution in [2.75, 3.05) is 0 Å². The normalized spacial score (nSPS) is 10.8. The molecule has 0 aliphatic heterocycles. The number of hydrogen-bond donors (Lipinski definition) is 1. The molecule has 0 amide bonds. The van der Waals surface area contributed by atoms with Gasteiger partial charge < -0.3 is 5.11 Å². The zero-order valence-corrected chi connectivity index (χ0v) is 14.9. The first-order valence-corrected chi connectivity index (χ1v) is 9.01. The number of carboxylic acids is 1. The molecule has 0 atom stereocenters. The van der Waals surface area contributed by atoms with Crippen molar-refractivity contribution >= 4 is 17.3 Å². The van der Waals surface area contributed by atoms with Crippen molar-refractivity contribution in [1.82, 2.24) is 9.78 Å². The molecule has 0 unspecified atom stereocenters. The first kappa shape index (κ1) is 16.3. The number of carboxylic acid groups (broad SMARTS) is 1. The fraction of sp³-hybridized carbons (Fsp3) is 0.0476. The summed E-state index contributed by atoms with van der Waals surface area (Å²) >= 11 is 1.22. The summed E-state index contributed by atoms with van der Waals surface area (Å²) < 4.78 is 1.85. The van der Waals surface area contributed by atoms with E-state index in [0.29, 0.717) is 4.88 Å². The highest BCUT2D eigenvalue weighted by atomic mass is 32.1. The van der Waals surface area contributed by atoms with Crippen molar-refractivity contribution in [3.8, 4) is 27.5 Å². The first-order valence-electron chi connectivity index (χ1n) is 8.19. The highest BCUT2D eigenvalue weighted by Crippen LogP contribution is 2.35. The minimum absolute atomic E-state index is 0.299. The number of rotatable bonds is 4. The van der Waals surface area contributed by atoms with Crippen LogP contribution in [0.1, 0.15) is 15.2 Å². The Kier molecular flexibility index (Phi) is 4.14. The Morgan fingerprint density at radius 3 is 2.12 bits per heavy atom. The average molecular weight is 360 g/mol. The van der Waals surface area contributed by atoms with Crippen molar-refractivity contribution in [2.24, 2.45) is 0 Å². The van der Waals surface area contributed by atoms with Crippen molar-refractivity contribution in [3.05, 3.63) is 83.2 Å². The van der Waals surface area contributed by atoms with Crippen molar-refractivity contribution in [3.63, 3.8) is 0 Å². The second-order valence-corrected chi connectivity index (χ2v) is 6.97. The minimum atomic E-state index is -0.922. The zero-order valence-electron chi connectivity index (χ0n) is 14.1. The van der Waals surface area contributed by atoms with E-state index >= 15 is 0 Å². The van der Waals surface area contributed by atoms with E-state index in [2.05, 4.69) is 6.92 Å². The van der Waals surface area contributed by atoms with Gasteiger partial charge in [0.05, 0.1) is 11.4 Å². The lowest BCUT2D eigenvalue weighted by atomic mass is 10.0. The quantitative estimate of drug-likeness (QED) is 0.539. The molecule has 4 nitrogen and oxygen atoms in total. The molecule has 1 N–H and O–H groups in total. The van der Waals surface area contributed by atoms with Gasteiger partial charge in [-0.1, -0.05) is 60.7 Å². The second-order valence-electron chi connectivity index (χ2n) is 5.91. The third-order valence-electron chi connectivity index (χ3n) is 4.23. The van der Waals surface area contributed by atoms with Crippen LogP contribution in [0.25, 0.3) is 27.5 Å². The molecule has 0 bridgehead atoms. The van der Waals surface area contributed by atoms with Gasteiger partial charge in [-0.2, -0.15) is 5.10 Å². The van der Waals surface area contributed by atoms with E-state index in [-0.39, 0.29) is 0 Å². The maximum Gasteiger partial charge on any atom is 0.345 e. The summed E-state index contributed by atoms with van der Waals surface area (Å²) in [6.45, 7) is 2.06. The van der Waals surface area contributed by atoms with E-state index < -0.39 is 5.97 Å². The number of hydrogen-bond acceptors (Lipinski definition) is 3. The Labute approximate surface area is 155 Å². The van der Waals surface area contributed by atoms with Crippen molar-refractivity contribution in [2.45, 2.75) is 6.92 Å². The number of carbonyl (C=O) groups is 1. The van der Waals surface area contributed by atoms with Gasteiger partial charge in [-0.05, 0) is 19.1 Å². The molecule has 4 aromatic rings. The van der Waals surface area contributed by atoms with Gasteiger partial charge in [0.2, 0.25) is 0 Å².